The Kier molecular flexibility index (Phi) is 7.65. The number of thioether (sulfide) groups is 1. The summed E-state index contributed by atoms with van der Waals surface area (Å²) in [5, 5.41) is 14.1. The van der Waals surface area contributed by atoms with E-state index in [4.69, 9.17) is 0 Å². The smallest absolute Gasteiger partial charge is 0.321 e. The first kappa shape index (κ1) is 20.0. The third kappa shape index (κ3) is 5.87. The van der Waals surface area contributed by atoms with E-state index >= 15 is 0 Å². The van der Waals surface area contributed by atoms with E-state index < -0.39 is 6.03 Å². The highest BCUT2D eigenvalue weighted by atomic mass is 32.2. The Balaban J connectivity index is 1.88. The molecule has 1 aromatic carbocycles. The summed E-state index contributed by atoms with van der Waals surface area (Å²) in [7, 11) is 0. The van der Waals surface area contributed by atoms with Crippen LogP contribution in [0.5, 0.6) is 0 Å². The minimum absolute atomic E-state index is 0.102. The lowest BCUT2D eigenvalue weighted by molar-refractivity contribution is -0.117. The van der Waals surface area contributed by atoms with Crippen molar-refractivity contribution >= 4 is 23.7 Å². The average Bonchev–Trinajstić information content (AvgIpc) is 3.03. The number of nitrogens with one attached hydrogen (secondary N) is 2. The SMILES string of the molecule is CCn1c(SCC(=O)NC(=O)NCCC(C)C)nnc1-c1ccccc1. The summed E-state index contributed by atoms with van der Waals surface area (Å²) < 4.78 is 1.95. The zero-order valence-electron chi connectivity index (χ0n) is 15.4. The zero-order valence-corrected chi connectivity index (χ0v) is 16.2. The number of urea groups is 1. The number of carbonyl (C=O) groups is 2. The van der Waals surface area contributed by atoms with E-state index in [1.54, 1.807) is 0 Å². The van der Waals surface area contributed by atoms with Crippen molar-refractivity contribution < 1.29 is 9.59 Å². The summed E-state index contributed by atoms with van der Waals surface area (Å²) in [5.41, 5.74) is 0.975. The van der Waals surface area contributed by atoms with Crippen molar-refractivity contribution in [2.45, 2.75) is 38.9 Å². The molecule has 0 fully saturated rings. The summed E-state index contributed by atoms with van der Waals surface area (Å²) >= 11 is 1.26. The van der Waals surface area contributed by atoms with Gasteiger partial charge in [0.25, 0.3) is 0 Å². The van der Waals surface area contributed by atoms with Crippen LogP contribution in [0.4, 0.5) is 4.79 Å². The predicted molar refractivity (Wildman–Crippen MR) is 103 cm³/mol. The van der Waals surface area contributed by atoms with Crippen molar-refractivity contribution in [2.24, 2.45) is 5.92 Å². The van der Waals surface area contributed by atoms with E-state index in [9.17, 15) is 9.59 Å². The molecule has 7 nitrogen and oxygen atoms in total. The Morgan fingerprint density at radius 1 is 1.19 bits per heavy atom. The van der Waals surface area contributed by atoms with Gasteiger partial charge in [-0.05, 0) is 19.3 Å². The number of hydrogen-bond donors (Lipinski definition) is 2. The predicted octanol–water partition coefficient (Wildman–Crippen LogP) is 2.93. The van der Waals surface area contributed by atoms with Crippen LogP contribution >= 0.6 is 11.8 Å². The molecule has 0 atom stereocenters. The molecule has 1 heterocycles. The lowest BCUT2D eigenvalue weighted by Crippen LogP contribution is -2.40. The molecule has 0 saturated heterocycles. The lowest BCUT2D eigenvalue weighted by Gasteiger charge is -2.09. The van der Waals surface area contributed by atoms with Gasteiger partial charge in [0.1, 0.15) is 0 Å². The molecule has 1 aromatic heterocycles. The van der Waals surface area contributed by atoms with E-state index in [1.165, 1.54) is 11.8 Å². The Hall–Kier alpha value is -2.35. The Morgan fingerprint density at radius 3 is 2.58 bits per heavy atom. The first-order valence-corrected chi connectivity index (χ1v) is 9.69. The summed E-state index contributed by atoms with van der Waals surface area (Å²) in [6.07, 6.45) is 0.873. The normalized spacial score (nSPS) is 10.8. The van der Waals surface area contributed by atoms with Crippen LogP contribution in [-0.2, 0) is 11.3 Å². The summed E-state index contributed by atoms with van der Waals surface area (Å²) in [6, 6.07) is 9.32. The van der Waals surface area contributed by atoms with Crippen molar-refractivity contribution in [2.75, 3.05) is 12.3 Å². The largest absolute Gasteiger partial charge is 0.338 e. The monoisotopic (exact) mass is 375 g/mol. The van der Waals surface area contributed by atoms with Crippen LogP contribution in [0.15, 0.2) is 35.5 Å². The number of amides is 3. The maximum atomic E-state index is 12.0. The molecular formula is C18H25N5O2S. The topological polar surface area (TPSA) is 88.9 Å². The lowest BCUT2D eigenvalue weighted by atomic mass is 10.1. The number of hydrogen-bond acceptors (Lipinski definition) is 5. The van der Waals surface area contributed by atoms with Gasteiger partial charge in [-0.15, -0.1) is 10.2 Å². The maximum absolute atomic E-state index is 12.0. The van der Waals surface area contributed by atoms with Gasteiger partial charge in [0, 0.05) is 18.7 Å². The molecule has 2 aromatic rings. The number of carbonyl (C=O) groups excluding carboxylic acids is 2. The molecule has 0 bridgehead atoms. The number of aromatic nitrogens is 3. The second-order valence-corrected chi connectivity index (χ2v) is 7.13. The molecular weight excluding hydrogens is 350 g/mol. The molecule has 3 amide bonds. The molecule has 0 aliphatic rings. The minimum atomic E-state index is -0.460. The molecule has 0 radical (unpaired) electrons. The fraction of sp³-hybridized carbons (Fsp3) is 0.444. The molecule has 2 N–H and O–H groups in total. The standard InChI is InChI=1S/C18H25N5O2S/c1-4-23-16(14-8-6-5-7-9-14)21-22-18(23)26-12-15(24)20-17(25)19-11-10-13(2)3/h5-9,13H,4,10-12H2,1-3H3,(H2,19,20,24,25). The third-order valence-electron chi connectivity index (χ3n) is 3.66. The molecule has 0 saturated carbocycles. The number of imide groups is 1. The summed E-state index contributed by atoms with van der Waals surface area (Å²) in [6.45, 7) is 7.40. The Labute approximate surface area is 158 Å². The van der Waals surface area contributed by atoms with Crippen LogP contribution in [-0.4, -0.2) is 39.0 Å². The number of rotatable bonds is 8. The Morgan fingerprint density at radius 2 is 1.92 bits per heavy atom. The van der Waals surface area contributed by atoms with Gasteiger partial charge in [-0.2, -0.15) is 0 Å². The van der Waals surface area contributed by atoms with Crippen molar-refractivity contribution in [3.05, 3.63) is 30.3 Å². The van der Waals surface area contributed by atoms with Gasteiger partial charge in [0.2, 0.25) is 5.91 Å². The second kappa shape index (κ2) is 9.96. The van der Waals surface area contributed by atoms with Gasteiger partial charge < -0.3 is 9.88 Å². The molecule has 8 heteroatoms. The van der Waals surface area contributed by atoms with Crippen LogP contribution in [0, 0.1) is 5.92 Å². The van der Waals surface area contributed by atoms with Crippen molar-refractivity contribution in [1.82, 2.24) is 25.4 Å². The van der Waals surface area contributed by atoms with Gasteiger partial charge in [0.15, 0.2) is 11.0 Å². The molecule has 0 aliphatic carbocycles. The molecule has 26 heavy (non-hydrogen) atoms. The Bertz CT molecular complexity index is 730. The van der Waals surface area contributed by atoms with Crippen LogP contribution in [0.1, 0.15) is 27.2 Å². The minimum Gasteiger partial charge on any atom is -0.338 e. The highest BCUT2D eigenvalue weighted by molar-refractivity contribution is 7.99. The van der Waals surface area contributed by atoms with Crippen LogP contribution < -0.4 is 10.6 Å². The van der Waals surface area contributed by atoms with E-state index in [0.29, 0.717) is 24.2 Å². The molecule has 0 aliphatic heterocycles. The van der Waals surface area contributed by atoms with Crippen molar-refractivity contribution in [1.29, 1.82) is 0 Å². The van der Waals surface area contributed by atoms with Gasteiger partial charge in [-0.1, -0.05) is 55.9 Å². The maximum Gasteiger partial charge on any atom is 0.321 e. The van der Waals surface area contributed by atoms with Gasteiger partial charge in [0.05, 0.1) is 5.75 Å². The average molecular weight is 375 g/mol. The fourth-order valence-electron chi connectivity index (χ4n) is 2.29. The highest BCUT2D eigenvalue weighted by Gasteiger charge is 2.15. The second-order valence-electron chi connectivity index (χ2n) is 6.19. The number of nitrogens with zero attached hydrogens (tertiary/aromatic N) is 3. The molecule has 0 spiro atoms. The van der Waals surface area contributed by atoms with E-state index in [-0.39, 0.29) is 11.7 Å². The first-order chi connectivity index (χ1) is 12.5. The summed E-state index contributed by atoms with van der Waals surface area (Å²) in [4.78, 5) is 23.6. The van der Waals surface area contributed by atoms with Crippen molar-refractivity contribution in [3.8, 4) is 11.4 Å². The molecule has 2 rings (SSSR count). The van der Waals surface area contributed by atoms with Crippen LogP contribution in [0.3, 0.4) is 0 Å². The van der Waals surface area contributed by atoms with E-state index in [2.05, 4.69) is 34.7 Å². The highest BCUT2D eigenvalue weighted by Crippen LogP contribution is 2.23. The van der Waals surface area contributed by atoms with Gasteiger partial charge in [-0.25, -0.2) is 4.79 Å². The van der Waals surface area contributed by atoms with Crippen LogP contribution in [0.2, 0.25) is 0 Å². The van der Waals surface area contributed by atoms with E-state index in [1.807, 2.05) is 41.8 Å². The third-order valence-corrected chi connectivity index (χ3v) is 4.62. The molecule has 140 valence electrons. The summed E-state index contributed by atoms with van der Waals surface area (Å²) in [5.74, 6) is 1.01. The first-order valence-electron chi connectivity index (χ1n) is 8.70. The zero-order chi connectivity index (χ0) is 18.9. The van der Waals surface area contributed by atoms with Gasteiger partial charge in [-0.3, -0.25) is 10.1 Å². The van der Waals surface area contributed by atoms with Crippen LogP contribution in [0.25, 0.3) is 11.4 Å². The van der Waals surface area contributed by atoms with Gasteiger partial charge >= 0.3 is 6.03 Å². The molecule has 0 unspecified atom stereocenters. The fourth-order valence-corrected chi connectivity index (χ4v) is 3.10. The number of benzene rings is 1. The quantitative estimate of drug-likeness (QED) is 0.693. The van der Waals surface area contributed by atoms with Crippen molar-refractivity contribution in [3.63, 3.8) is 0 Å². The van der Waals surface area contributed by atoms with E-state index in [0.717, 1.165) is 17.8 Å².